The van der Waals surface area contributed by atoms with Crippen molar-refractivity contribution >= 4 is 44.2 Å². The highest BCUT2D eigenvalue weighted by Gasteiger charge is 2.15. The SMILES string of the molecule is COc1ccc(Br)cc1CNC(=O)c1nc(Nc2ccc(C)cc2)c2ccccc2n1. The third-order valence-electron chi connectivity index (χ3n) is 4.80. The Hall–Kier alpha value is -3.45. The molecule has 6 nitrogen and oxygen atoms in total. The molecule has 156 valence electrons. The van der Waals surface area contributed by atoms with Gasteiger partial charge in [0, 0.05) is 27.7 Å². The van der Waals surface area contributed by atoms with Gasteiger partial charge in [0.2, 0.25) is 5.82 Å². The van der Waals surface area contributed by atoms with E-state index >= 15 is 0 Å². The first-order chi connectivity index (χ1) is 15.0. The van der Waals surface area contributed by atoms with Gasteiger partial charge in [-0.3, -0.25) is 4.79 Å². The van der Waals surface area contributed by atoms with Crippen molar-refractivity contribution in [2.75, 3.05) is 12.4 Å². The molecule has 0 fully saturated rings. The Kier molecular flexibility index (Phi) is 6.13. The summed E-state index contributed by atoms with van der Waals surface area (Å²) in [6.07, 6.45) is 0. The Balaban J connectivity index is 1.62. The molecule has 0 aliphatic carbocycles. The maximum atomic E-state index is 12.9. The molecule has 2 N–H and O–H groups in total. The normalized spacial score (nSPS) is 10.7. The number of methoxy groups -OCH3 is 1. The van der Waals surface area contributed by atoms with Gasteiger partial charge in [-0.2, -0.15) is 0 Å². The summed E-state index contributed by atoms with van der Waals surface area (Å²) in [7, 11) is 1.60. The number of ether oxygens (including phenoxy) is 1. The predicted molar refractivity (Wildman–Crippen MR) is 126 cm³/mol. The molecular weight excluding hydrogens is 456 g/mol. The van der Waals surface area contributed by atoms with E-state index in [4.69, 9.17) is 4.74 Å². The Labute approximate surface area is 188 Å². The van der Waals surface area contributed by atoms with Crippen LogP contribution in [0.2, 0.25) is 0 Å². The molecule has 0 aliphatic heterocycles. The molecule has 7 heteroatoms. The second kappa shape index (κ2) is 9.14. The first-order valence-corrected chi connectivity index (χ1v) is 10.5. The van der Waals surface area contributed by atoms with Crippen LogP contribution in [0, 0.1) is 6.92 Å². The van der Waals surface area contributed by atoms with Gasteiger partial charge in [0.05, 0.1) is 12.6 Å². The van der Waals surface area contributed by atoms with E-state index < -0.39 is 0 Å². The molecule has 1 amide bonds. The number of benzene rings is 3. The number of hydrogen-bond donors (Lipinski definition) is 2. The second-order valence-electron chi connectivity index (χ2n) is 7.04. The molecule has 3 aromatic carbocycles. The quantitative estimate of drug-likeness (QED) is 0.390. The molecule has 0 bridgehead atoms. The maximum absolute atomic E-state index is 12.9. The van der Waals surface area contributed by atoms with Gasteiger partial charge in [-0.05, 0) is 49.4 Å². The van der Waals surface area contributed by atoms with Crippen LogP contribution in [0.4, 0.5) is 11.5 Å². The molecule has 0 unspecified atom stereocenters. The lowest BCUT2D eigenvalue weighted by atomic mass is 10.2. The summed E-state index contributed by atoms with van der Waals surface area (Å²) in [4.78, 5) is 21.9. The predicted octanol–water partition coefficient (Wildman–Crippen LogP) is 5.38. The Morgan fingerprint density at radius 1 is 1.03 bits per heavy atom. The van der Waals surface area contributed by atoms with E-state index in [1.54, 1.807) is 7.11 Å². The fourth-order valence-electron chi connectivity index (χ4n) is 3.19. The smallest absolute Gasteiger partial charge is 0.289 e. The van der Waals surface area contributed by atoms with Crippen molar-refractivity contribution in [2.24, 2.45) is 0 Å². The minimum atomic E-state index is -0.361. The van der Waals surface area contributed by atoms with Gasteiger partial charge in [0.25, 0.3) is 5.91 Å². The van der Waals surface area contributed by atoms with Crippen molar-refractivity contribution in [3.8, 4) is 5.75 Å². The zero-order valence-corrected chi connectivity index (χ0v) is 18.7. The summed E-state index contributed by atoms with van der Waals surface area (Å²) in [6, 6.07) is 21.2. The van der Waals surface area contributed by atoms with Crippen LogP contribution in [-0.2, 0) is 6.54 Å². The third-order valence-corrected chi connectivity index (χ3v) is 5.30. The summed E-state index contributed by atoms with van der Waals surface area (Å²) >= 11 is 3.45. The number of nitrogens with one attached hydrogen (secondary N) is 2. The number of nitrogens with zero attached hydrogens (tertiary/aromatic N) is 2. The summed E-state index contributed by atoms with van der Waals surface area (Å²) in [5, 5.41) is 7.04. The number of amides is 1. The highest BCUT2D eigenvalue weighted by Crippen LogP contribution is 2.25. The van der Waals surface area contributed by atoms with Crippen LogP contribution in [0.25, 0.3) is 10.9 Å². The lowest BCUT2D eigenvalue weighted by Crippen LogP contribution is -2.25. The Morgan fingerprint density at radius 2 is 1.81 bits per heavy atom. The first-order valence-electron chi connectivity index (χ1n) is 9.74. The Morgan fingerprint density at radius 3 is 2.58 bits per heavy atom. The molecule has 0 spiro atoms. The number of halogens is 1. The average molecular weight is 477 g/mol. The largest absolute Gasteiger partial charge is 0.496 e. The fourth-order valence-corrected chi connectivity index (χ4v) is 3.60. The second-order valence-corrected chi connectivity index (χ2v) is 7.96. The lowest BCUT2D eigenvalue weighted by molar-refractivity contribution is 0.0940. The number of aromatic nitrogens is 2. The van der Waals surface area contributed by atoms with Crippen molar-refractivity contribution in [1.29, 1.82) is 0 Å². The Bertz CT molecular complexity index is 1240. The van der Waals surface area contributed by atoms with Crippen LogP contribution in [0.15, 0.2) is 71.2 Å². The van der Waals surface area contributed by atoms with Crippen molar-refractivity contribution < 1.29 is 9.53 Å². The van der Waals surface area contributed by atoms with Gasteiger partial charge in [-0.15, -0.1) is 0 Å². The number of fused-ring (bicyclic) bond motifs is 1. The number of carbonyl (C=O) groups is 1. The van der Waals surface area contributed by atoms with Crippen LogP contribution in [0.5, 0.6) is 5.75 Å². The van der Waals surface area contributed by atoms with E-state index in [-0.39, 0.29) is 11.7 Å². The van der Waals surface area contributed by atoms with E-state index in [1.807, 2.05) is 73.7 Å². The lowest BCUT2D eigenvalue weighted by Gasteiger charge is -2.12. The van der Waals surface area contributed by atoms with Crippen LogP contribution >= 0.6 is 15.9 Å². The van der Waals surface area contributed by atoms with E-state index in [0.717, 1.165) is 21.1 Å². The molecule has 4 aromatic rings. The summed E-state index contributed by atoms with van der Waals surface area (Å²) < 4.78 is 6.28. The summed E-state index contributed by atoms with van der Waals surface area (Å²) in [6.45, 7) is 2.32. The number of anilines is 2. The molecule has 0 saturated heterocycles. The van der Waals surface area contributed by atoms with Gasteiger partial charge in [-0.1, -0.05) is 45.8 Å². The number of aryl methyl sites for hydroxylation is 1. The summed E-state index contributed by atoms with van der Waals surface area (Å²) in [5.41, 5.74) is 3.60. The molecule has 0 radical (unpaired) electrons. The van der Waals surface area contributed by atoms with Crippen molar-refractivity contribution in [3.63, 3.8) is 0 Å². The molecule has 31 heavy (non-hydrogen) atoms. The number of carbonyl (C=O) groups excluding carboxylic acids is 1. The zero-order valence-electron chi connectivity index (χ0n) is 17.1. The standard InChI is InChI=1S/C24H21BrN4O2/c1-15-7-10-18(11-8-15)27-22-19-5-3-4-6-20(19)28-23(29-22)24(30)26-14-16-13-17(25)9-12-21(16)31-2/h3-13H,14H2,1-2H3,(H,26,30)(H,27,28,29). The van der Waals surface area contributed by atoms with Crippen LogP contribution in [0.3, 0.4) is 0 Å². The van der Waals surface area contributed by atoms with Crippen LogP contribution in [-0.4, -0.2) is 23.0 Å². The maximum Gasteiger partial charge on any atom is 0.289 e. The molecule has 0 atom stereocenters. The molecule has 0 aliphatic rings. The van der Waals surface area contributed by atoms with Gasteiger partial charge < -0.3 is 15.4 Å². The van der Waals surface area contributed by atoms with E-state index in [1.165, 1.54) is 5.56 Å². The first kappa shape index (κ1) is 20.8. The minimum Gasteiger partial charge on any atom is -0.496 e. The monoisotopic (exact) mass is 476 g/mol. The highest BCUT2D eigenvalue weighted by atomic mass is 79.9. The van der Waals surface area contributed by atoms with Gasteiger partial charge in [-0.25, -0.2) is 9.97 Å². The van der Waals surface area contributed by atoms with Crippen LogP contribution < -0.4 is 15.4 Å². The highest BCUT2D eigenvalue weighted by molar-refractivity contribution is 9.10. The van der Waals surface area contributed by atoms with Crippen molar-refractivity contribution in [3.05, 3.63) is 88.2 Å². The van der Waals surface area contributed by atoms with Crippen molar-refractivity contribution in [1.82, 2.24) is 15.3 Å². The van der Waals surface area contributed by atoms with E-state index in [2.05, 4.69) is 36.5 Å². The molecule has 1 aromatic heterocycles. The van der Waals surface area contributed by atoms with E-state index in [9.17, 15) is 4.79 Å². The number of rotatable bonds is 6. The van der Waals surface area contributed by atoms with Crippen molar-refractivity contribution in [2.45, 2.75) is 13.5 Å². The summed E-state index contributed by atoms with van der Waals surface area (Å²) in [5.74, 6) is 1.02. The van der Waals surface area contributed by atoms with Gasteiger partial charge in [0.15, 0.2) is 0 Å². The molecule has 0 saturated carbocycles. The van der Waals surface area contributed by atoms with Gasteiger partial charge in [0.1, 0.15) is 11.6 Å². The number of para-hydroxylation sites is 1. The third kappa shape index (κ3) is 4.83. The molecular formula is C24H21BrN4O2. The zero-order chi connectivity index (χ0) is 21.8. The topological polar surface area (TPSA) is 76.1 Å². The van der Waals surface area contributed by atoms with E-state index in [0.29, 0.717) is 23.6 Å². The van der Waals surface area contributed by atoms with Gasteiger partial charge >= 0.3 is 0 Å². The molecule has 4 rings (SSSR count). The average Bonchev–Trinajstić information content (AvgIpc) is 2.79. The molecule has 1 heterocycles. The minimum absolute atomic E-state index is 0.0993. The fraction of sp³-hybridized carbons (Fsp3) is 0.125. The van der Waals surface area contributed by atoms with Crippen LogP contribution in [0.1, 0.15) is 21.7 Å². The number of hydrogen-bond acceptors (Lipinski definition) is 5.